The van der Waals surface area contributed by atoms with Crippen molar-refractivity contribution < 1.29 is 23.6 Å². The number of amides is 2. The first-order valence-corrected chi connectivity index (χ1v) is 9.42. The summed E-state index contributed by atoms with van der Waals surface area (Å²) in [6.45, 7) is 13.8. The van der Waals surface area contributed by atoms with Crippen molar-refractivity contribution in [2.75, 3.05) is 6.61 Å². The number of benzene rings is 1. The van der Waals surface area contributed by atoms with Gasteiger partial charge in [-0.05, 0) is 50.7 Å². The van der Waals surface area contributed by atoms with Gasteiger partial charge in [0.15, 0.2) is 0 Å². The summed E-state index contributed by atoms with van der Waals surface area (Å²) in [6, 6.07) is 6.72. The molecule has 7 nitrogen and oxygen atoms in total. The van der Waals surface area contributed by atoms with Gasteiger partial charge in [0.25, 0.3) is 5.91 Å². The third kappa shape index (κ3) is 5.05. The lowest BCUT2D eigenvalue weighted by molar-refractivity contribution is 0.00578. The fourth-order valence-electron chi connectivity index (χ4n) is 2.69. The Balaban J connectivity index is 2.08. The van der Waals surface area contributed by atoms with Gasteiger partial charge >= 0.3 is 13.2 Å². The van der Waals surface area contributed by atoms with Crippen LogP contribution in [0.4, 0.5) is 4.79 Å². The summed E-state index contributed by atoms with van der Waals surface area (Å²) < 4.78 is 16.9. The summed E-state index contributed by atoms with van der Waals surface area (Å²) >= 11 is 0. The molecule has 1 aromatic carbocycles. The van der Waals surface area contributed by atoms with Gasteiger partial charge in [-0.25, -0.2) is 4.79 Å². The highest BCUT2D eigenvalue weighted by Crippen LogP contribution is 2.36. The fraction of sp³-hybridized carbons (Fsp3) is 0.600. The van der Waals surface area contributed by atoms with Crippen LogP contribution in [0.3, 0.4) is 0 Å². The van der Waals surface area contributed by atoms with Crippen LogP contribution in [0.5, 0.6) is 0 Å². The van der Waals surface area contributed by atoms with Crippen molar-refractivity contribution in [3.05, 3.63) is 29.8 Å². The minimum atomic E-state index is -0.865. The number of nitrogens with one attached hydrogen (secondary N) is 1. The van der Waals surface area contributed by atoms with Gasteiger partial charge in [0, 0.05) is 5.56 Å². The van der Waals surface area contributed by atoms with E-state index in [-0.39, 0.29) is 24.0 Å². The molecule has 1 aliphatic heterocycles. The molecule has 0 saturated carbocycles. The van der Waals surface area contributed by atoms with Crippen LogP contribution < -0.4 is 16.5 Å². The molecule has 0 aliphatic carbocycles. The number of nitrogens with two attached hydrogens (primary N) is 1. The van der Waals surface area contributed by atoms with Crippen LogP contribution >= 0.6 is 0 Å². The average Bonchev–Trinajstić information content (AvgIpc) is 2.78. The first kappa shape index (κ1) is 22.2. The Labute approximate surface area is 167 Å². The lowest BCUT2D eigenvalue weighted by Gasteiger charge is -2.32. The van der Waals surface area contributed by atoms with Crippen molar-refractivity contribution in [2.45, 2.75) is 65.7 Å². The van der Waals surface area contributed by atoms with E-state index in [2.05, 4.69) is 5.32 Å². The molecule has 0 spiro atoms. The van der Waals surface area contributed by atoms with Crippen LogP contribution in [0, 0.1) is 5.41 Å². The van der Waals surface area contributed by atoms with Gasteiger partial charge in [-0.1, -0.05) is 32.9 Å². The van der Waals surface area contributed by atoms with Crippen molar-refractivity contribution in [3.63, 3.8) is 0 Å². The Kier molecular flexibility index (Phi) is 6.16. The van der Waals surface area contributed by atoms with Crippen LogP contribution in [0.1, 0.15) is 58.8 Å². The van der Waals surface area contributed by atoms with E-state index in [1.165, 1.54) is 0 Å². The van der Waals surface area contributed by atoms with Crippen molar-refractivity contribution in [1.82, 2.24) is 5.32 Å². The van der Waals surface area contributed by atoms with Crippen LogP contribution in [0.15, 0.2) is 24.3 Å². The SMILES string of the molecule is CC(C)(C)C(COC(N)=O)NC(=O)c1ccc(B2OC(C)(C)C(C)(C)O2)cc1. The Morgan fingerprint density at radius 1 is 1.11 bits per heavy atom. The van der Waals surface area contributed by atoms with Gasteiger partial charge in [0.05, 0.1) is 17.2 Å². The largest absolute Gasteiger partial charge is 0.494 e. The average molecular weight is 390 g/mol. The molecule has 1 unspecified atom stereocenters. The maximum Gasteiger partial charge on any atom is 0.494 e. The minimum absolute atomic E-state index is 0.0105. The molecule has 1 fully saturated rings. The van der Waals surface area contributed by atoms with E-state index in [1.807, 2.05) is 60.6 Å². The molecule has 1 saturated heterocycles. The number of carbonyl (C=O) groups excluding carboxylic acids is 2. The van der Waals surface area contributed by atoms with E-state index in [4.69, 9.17) is 19.8 Å². The molecule has 8 heteroatoms. The fourth-order valence-corrected chi connectivity index (χ4v) is 2.69. The molecular weight excluding hydrogens is 359 g/mol. The van der Waals surface area contributed by atoms with E-state index >= 15 is 0 Å². The zero-order valence-electron chi connectivity index (χ0n) is 17.8. The number of primary amides is 1. The third-order valence-electron chi connectivity index (χ3n) is 5.44. The van der Waals surface area contributed by atoms with E-state index in [0.717, 1.165) is 5.46 Å². The summed E-state index contributed by atoms with van der Waals surface area (Å²) in [5, 5.41) is 2.91. The van der Waals surface area contributed by atoms with Crippen molar-refractivity contribution in [3.8, 4) is 0 Å². The van der Waals surface area contributed by atoms with Crippen LogP contribution in [-0.2, 0) is 14.0 Å². The van der Waals surface area contributed by atoms with Gasteiger partial charge in [0.2, 0.25) is 0 Å². The molecule has 2 amide bonds. The Morgan fingerprint density at radius 2 is 1.61 bits per heavy atom. The molecule has 1 aliphatic rings. The summed E-state index contributed by atoms with van der Waals surface area (Å²) in [5.41, 5.74) is 5.23. The predicted octanol–water partition coefficient (Wildman–Crippen LogP) is 2.23. The van der Waals surface area contributed by atoms with Crippen LogP contribution in [0.2, 0.25) is 0 Å². The highest BCUT2D eigenvalue weighted by Gasteiger charge is 2.51. The van der Waals surface area contributed by atoms with Crippen LogP contribution in [0.25, 0.3) is 0 Å². The Hall–Kier alpha value is -2.06. The quantitative estimate of drug-likeness (QED) is 0.751. The van der Waals surface area contributed by atoms with Crippen molar-refractivity contribution >= 4 is 24.6 Å². The molecule has 0 radical (unpaired) electrons. The Morgan fingerprint density at radius 3 is 2.04 bits per heavy atom. The summed E-state index contributed by atoms with van der Waals surface area (Å²) in [4.78, 5) is 23.5. The highest BCUT2D eigenvalue weighted by molar-refractivity contribution is 6.62. The van der Waals surface area contributed by atoms with Gasteiger partial charge in [-0.3, -0.25) is 4.79 Å². The van der Waals surface area contributed by atoms with Gasteiger partial charge < -0.3 is 25.1 Å². The normalized spacial score (nSPS) is 19.2. The molecule has 154 valence electrons. The minimum Gasteiger partial charge on any atom is -0.448 e. The molecule has 28 heavy (non-hydrogen) atoms. The standard InChI is InChI=1S/C20H31BN2O5/c1-18(2,3)15(12-26-17(22)25)23-16(24)13-8-10-14(11-9-13)21-27-19(4,5)20(6,7)28-21/h8-11,15H,12H2,1-7H3,(H2,22,25)(H,23,24). The zero-order valence-corrected chi connectivity index (χ0v) is 17.8. The Bertz CT molecular complexity index is 709. The van der Waals surface area contributed by atoms with E-state index < -0.39 is 24.4 Å². The second-order valence-electron chi connectivity index (χ2n) is 9.23. The number of rotatable bonds is 5. The molecule has 0 aromatic heterocycles. The molecule has 1 heterocycles. The van der Waals surface area contributed by atoms with Gasteiger partial charge in [0.1, 0.15) is 6.61 Å². The molecule has 1 aromatic rings. The predicted molar refractivity (Wildman–Crippen MR) is 108 cm³/mol. The molecule has 0 bridgehead atoms. The lowest BCUT2D eigenvalue weighted by atomic mass is 9.79. The molecule has 3 N–H and O–H groups in total. The first-order valence-electron chi connectivity index (χ1n) is 9.42. The van der Waals surface area contributed by atoms with E-state index in [0.29, 0.717) is 5.56 Å². The van der Waals surface area contributed by atoms with Gasteiger partial charge in [-0.2, -0.15) is 0 Å². The number of ether oxygens (including phenoxy) is 1. The van der Waals surface area contributed by atoms with Crippen molar-refractivity contribution in [1.29, 1.82) is 0 Å². The number of carbonyl (C=O) groups is 2. The molecular formula is C20H31BN2O5. The summed E-state index contributed by atoms with van der Waals surface area (Å²) in [7, 11) is -0.478. The summed E-state index contributed by atoms with van der Waals surface area (Å²) in [5.74, 6) is -0.256. The second kappa shape index (κ2) is 7.76. The third-order valence-corrected chi connectivity index (χ3v) is 5.44. The van der Waals surface area contributed by atoms with Crippen molar-refractivity contribution in [2.24, 2.45) is 11.1 Å². The second-order valence-corrected chi connectivity index (χ2v) is 9.23. The lowest BCUT2D eigenvalue weighted by Crippen LogP contribution is -2.47. The maximum atomic E-state index is 12.6. The smallest absolute Gasteiger partial charge is 0.448 e. The number of hydrogen-bond acceptors (Lipinski definition) is 5. The molecule has 2 rings (SSSR count). The maximum absolute atomic E-state index is 12.6. The van der Waals surface area contributed by atoms with E-state index in [1.54, 1.807) is 12.1 Å². The topological polar surface area (TPSA) is 99.9 Å². The highest BCUT2D eigenvalue weighted by atomic mass is 16.7. The van der Waals surface area contributed by atoms with Crippen LogP contribution in [-0.4, -0.2) is 43.0 Å². The van der Waals surface area contributed by atoms with Gasteiger partial charge in [-0.15, -0.1) is 0 Å². The zero-order chi connectivity index (χ0) is 21.3. The summed E-state index contributed by atoms with van der Waals surface area (Å²) in [6.07, 6.45) is -0.865. The number of hydrogen-bond donors (Lipinski definition) is 2. The monoisotopic (exact) mass is 390 g/mol. The van der Waals surface area contributed by atoms with E-state index in [9.17, 15) is 9.59 Å². The first-order chi connectivity index (χ1) is 12.7. The molecule has 1 atom stereocenters.